The van der Waals surface area contributed by atoms with Crippen LogP contribution in [-0.4, -0.2) is 6.68 Å². The van der Waals surface area contributed by atoms with Gasteiger partial charge in [0.25, 0.3) is 0 Å². The van der Waals surface area contributed by atoms with Gasteiger partial charge in [0.2, 0.25) is 0 Å². The van der Waals surface area contributed by atoms with E-state index in [2.05, 4.69) is 11.5 Å². The van der Waals surface area contributed by atoms with E-state index < -0.39 is 26.7 Å². The molecule has 0 heterocycles. The molecule has 2 heteroatoms. The predicted molar refractivity (Wildman–Crippen MR) is 18.7 cm³/mol. The Morgan fingerprint density at radius 1 is 2.00 bits per heavy atom. The first kappa shape index (κ1) is 5.28. The van der Waals surface area contributed by atoms with Crippen LogP contribution < -0.4 is 0 Å². The van der Waals surface area contributed by atoms with E-state index in [-0.39, 0.29) is 0 Å². The van der Waals surface area contributed by atoms with Crippen molar-refractivity contribution in [1.29, 1.82) is 0 Å². The van der Waals surface area contributed by atoms with Crippen LogP contribution in [0.5, 0.6) is 0 Å². The van der Waals surface area contributed by atoms with Gasteiger partial charge in [-0.15, -0.1) is 0 Å². The average molecular weight is 290 g/mol. The molecule has 0 spiro atoms. The molecule has 0 aliphatic rings. The summed E-state index contributed by atoms with van der Waals surface area (Å²) in [5.41, 5.74) is 0. The Balaban J connectivity index is 3.46. The Morgan fingerprint density at radius 3 is 2.60 bits per heavy atom. The fourth-order valence-electron chi connectivity index (χ4n) is 0.0395. The zero-order valence-corrected chi connectivity index (χ0v) is 6.82. The van der Waals surface area contributed by atoms with Crippen molar-refractivity contribution in [2.45, 2.75) is 0 Å². The zero-order valence-electron chi connectivity index (χ0n) is 2.65. The second-order valence-corrected chi connectivity index (χ2v) is 2.80. The number of hydrogen-bond donors (Lipinski definition) is 0. The van der Waals surface area contributed by atoms with Crippen LogP contribution in [0.1, 0.15) is 0 Å². The molecule has 0 N–H and O–H groups in total. The third kappa shape index (κ3) is 4.28. The standard InChI is InChI=1S/C2N.CH2.U/c1-3-2;;/h;1H2;/q-1;;. The summed E-state index contributed by atoms with van der Waals surface area (Å²) < 4.78 is 6.06. The molecule has 0 aromatic rings. The van der Waals surface area contributed by atoms with Crippen LogP contribution in [0.4, 0.5) is 0 Å². The molecule has 0 bridgehead atoms. The summed E-state index contributed by atoms with van der Waals surface area (Å²) in [6.45, 7) is 6.13. The summed E-state index contributed by atoms with van der Waals surface area (Å²) in [7, 11) is 0. The fourth-order valence-corrected chi connectivity index (χ4v) is 0.369. The average Bonchev–Trinajstić information content (AvgIpc) is 1.41. The van der Waals surface area contributed by atoms with Gasteiger partial charge >= 0.3 is 44.8 Å². The third-order valence-corrected chi connectivity index (χ3v) is 1.26. The Morgan fingerprint density at radius 2 is 2.60 bits per heavy atom. The summed E-state index contributed by atoms with van der Waals surface area (Å²) in [6, 6.07) is 0. The van der Waals surface area contributed by atoms with Crippen LogP contribution in [0.3, 0.4) is 0 Å². The first-order valence-electron chi connectivity index (χ1n) is 1.05. The Bertz CT molecular complexity index is 94.0. The molecule has 0 aromatic carbocycles. The van der Waals surface area contributed by atoms with E-state index in [9.17, 15) is 0 Å². The molecular weight excluding hydrogens is 288 g/mol. The third-order valence-electron chi connectivity index (χ3n) is 0.135. The summed E-state index contributed by atoms with van der Waals surface area (Å²) in [6.07, 6.45) is 0. The van der Waals surface area contributed by atoms with Crippen LogP contribution in [0, 0.1) is 33.3 Å². The maximum atomic E-state index is 6.13. The van der Waals surface area contributed by atoms with Gasteiger partial charge < -0.3 is 0 Å². The first-order valence-corrected chi connectivity index (χ1v) is 6.08. The van der Waals surface area contributed by atoms with Crippen molar-refractivity contribution in [3.05, 3.63) is 11.4 Å². The van der Waals surface area contributed by atoms with Gasteiger partial charge in [-0.3, -0.25) is 0 Å². The van der Waals surface area contributed by atoms with Crippen molar-refractivity contribution in [1.82, 2.24) is 0 Å². The van der Waals surface area contributed by atoms with Crippen LogP contribution >= 0.6 is 0 Å². The second-order valence-electron chi connectivity index (χ2n) is 0.400. The van der Waals surface area contributed by atoms with E-state index in [1.165, 1.54) is 0 Å². The Labute approximate surface area is 44.8 Å². The molecule has 0 aromatic heterocycles. The van der Waals surface area contributed by atoms with Crippen molar-refractivity contribution in [3.8, 4) is 0 Å². The Hall–Kier alpha value is 0.282. The first-order chi connectivity index (χ1) is 2.41. The van der Waals surface area contributed by atoms with E-state index in [1.54, 1.807) is 0 Å². The molecule has 0 radical (unpaired) electrons. The molecule has 0 saturated heterocycles. The van der Waals surface area contributed by atoms with Gasteiger partial charge in [0, 0.05) is 0 Å². The van der Waals surface area contributed by atoms with Gasteiger partial charge in [-0.1, -0.05) is 0 Å². The zero-order chi connectivity index (χ0) is 4.12. The van der Waals surface area contributed by atoms with Crippen molar-refractivity contribution < 1.29 is 26.7 Å². The van der Waals surface area contributed by atoms with E-state index in [0.29, 0.717) is 0 Å². The molecule has 0 unspecified atom stereocenters. The van der Waals surface area contributed by atoms with E-state index in [1.807, 2.05) is 0 Å². The molecule has 0 aliphatic carbocycles. The molecular formula is C3H2NU-. The van der Waals surface area contributed by atoms with Gasteiger partial charge in [0.15, 0.2) is 0 Å². The quantitative estimate of drug-likeness (QED) is 0.556. The van der Waals surface area contributed by atoms with Crippen LogP contribution in [0.2, 0.25) is 0 Å². The maximum absolute atomic E-state index is 6.13. The van der Waals surface area contributed by atoms with Gasteiger partial charge in [-0.2, -0.15) is 0 Å². The summed E-state index contributed by atoms with van der Waals surface area (Å²) in [5, 5.41) is 0. The normalized spacial score (nSPS) is 3.80. The van der Waals surface area contributed by atoms with Crippen molar-refractivity contribution in [3.63, 3.8) is 0 Å². The van der Waals surface area contributed by atoms with E-state index in [0.717, 1.165) is 0 Å². The SMILES string of the molecule is [C-]#[N+][C-]=[U]=[CH2]. The molecule has 0 saturated carbocycles. The van der Waals surface area contributed by atoms with Crippen molar-refractivity contribution >= 4 is 6.68 Å². The van der Waals surface area contributed by atoms with Crippen molar-refractivity contribution in [2.75, 3.05) is 0 Å². The minimum absolute atomic E-state index is 0.911. The number of rotatable bonds is 0. The van der Waals surface area contributed by atoms with Crippen LogP contribution in [-0.2, 0) is 0 Å². The van der Waals surface area contributed by atoms with E-state index >= 15 is 0 Å². The second kappa shape index (κ2) is 4.28. The molecule has 0 rings (SSSR count). The van der Waals surface area contributed by atoms with Gasteiger partial charge in [-0.25, -0.2) is 0 Å². The molecule has 0 atom stereocenters. The molecule has 1 nitrogen and oxygen atoms in total. The van der Waals surface area contributed by atoms with Gasteiger partial charge in [-0.05, 0) is 0 Å². The van der Waals surface area contributed by atoms with Crippen LogP contribution in [0.15, 0.2) is 0 Å². The molecule has 0 amide bonds. The number of hydrogen-bond acceptors (Lipinski definition) is 0. The minimum atomic E-state index is -0.911. The topological polar surface area (TPSA) is 4.36 Å². The number of nitrogens with zero attached hydrogens (tertiary/aromatic N) is 1. The Kier molecular flexibility index (Phi) is 4.52. The van der Waals surface area contributed by atoms with Gasteiger partial charge in [0.1, 0.15) is 0 Å². The predicted octanol–water partition coefficient (Wildman–Crippen LogP) is 0.0594. The molecule has 0 aliphatic heterocycles. The molecule has 5 heavy (non-hydrogen) atoms. The summed E-state index contributed by atoms with van der Waals surface area (Å²) in [4.78, 5) is 2.88. The monoisotopic (exact) mass is 290 g/mol. The van der Waals surface area contributed by atoms with E-state index in [4.69, 9.17) is 6.57 Å². The summed E-state index contributed by atoms with van der Waals surface area (Å²) >= 11 is -0.911. The van der Waals surface area contributed by atoms with Crippen LogP contribution in [0.25, 0.3) is 4.85 Å². The van der Waals surface area contributed by atoms with Crippen molar-refractivity contribution in [2.24, 2.45) is 0 Å². The summed E-state index contributed by atoms with van der Waals surface area (Å²) in [5.74, 6) is 0. The molecule has 0 fully saturated rings. The molecule has 24 valence electrons. The van der Waals surface area contributed by atoms with Gasteiger partial charge in [0.05, 0.1) is 0 Å². The fraction of sp³-hybridized carbons (Fsp3) is 0.